The molecule has 0 bridgehead atoms. The van der Waals surface area contributed by atoms with Gasteiger partial charge in [-0.25, -0.2) is 0 Å². The molecule has 1 atom stereocenters. The van der Waals surface area contributed by atoms with Crippen LogP contribution in [0.4, 0.5) is 11.4 Å². The molecule has 0 radical (unpaired) electrons. The summed E-state index contributed by atoms with van der Waals surface area (Å²) >= 11 is 0. The van der Waals surface area contributed by atoms with Crippen molar-refractivity contribution < 1.29 is 14.5 Å². The van der Waals surface area contributed by atoms with Gasteiger partial charge in [0.15, 0.2) is 0 Å². The fourth-order valence-electron chi connectivity index (χ4n) is 3.60. The second-order valence-electron chi connectivity index (χ2n) is 6.00. The van der Waals surface area contributed by atoms with E-state index in [4.69, 9.17) is 4.74 Å². The number of hydrogen-bond donors (Lipinski definition) is 0. The Morgan fingerprint density at radius 2 is 2.04 bits per heavy atom. The first kappa shape index (κ1) is 14.7. The van der Waals surface area contributed by atoms with E-state index in [2.05, 4.69) is 0 Å². The highest BCUT2D eigenvalue weighted by molar-refractivity contribution is 6.00. The number of nitro benzene ring substituents is 1. The van der Waals surface area contributed by atoms with Crippen LogP contribution in [0.25, 0.3) is 0 Å². The monoisotopic (exact) mass is 324 g/mol. The average molecular weight is 324 g/mol. The Labute approximate surface area is 138 Å². The molecule has 0 saturated heterocycles. The van der Waals surface area contributed by atoms with Crippen molar-refractivity contribution in [2.75, 3.05) is 18.1 Å². The van der Waals surface area contributed by atoms with Crippen molar-refractivity contribution in [1.82, 2.24) is 0 Å². The number of carbonyl (C=O) groups excluding carboxylic acids is 1. The zero-order chi connectivity index (χ0) is 16.7. The Morgan fingerprint density at radius 3 is 2.88 bits per heavy atom. The minimum Gasteiger partial charge on any atom is -0.493 e. The Bertz CT molecular complexity index is 834. The number of benzene rings is 2. The van der Waals surface area contributed by atoms with Crippen LogP contribution < -0.4 is 9.64 Å². The first-order valence-electron chi connectivity index (χ1n) is 7.96. The third kappa shape index (κ3) is 2.22. The van der Waals surface area contributed by atoms with E-state index >= 15 is 0 Å². The highest BCUT2D eigenvalue weighted by Crippen LogP contribution is 2.39. The van der Waals surface area contributed by atoms with Crippen LogP contribution in [-0.2, 0) is 11.2 Å². The predicted molar refractivity (Wildman–Crippen MR) is 88.4 cm³/mol. The summed E-state index contributed by atoms with van der Waals surface area (Å²) in [5, 5.41) is 11.2. The molecule has 24 heavy (non-hydrogen) atoms. The van der Waals surface area contributed by atoms with Crippen LogP contribution in [0.5, 0.6) is 5.75 Å². The molecule has 2 heterocycles. The standard InChI is InChI=1S/C18H16N2O4/c21-18(13-9-11-24-17-7-2-1-4-12(13)17)19-10-8-14-15(19)5-3-6-16(14)20(22)23/h1-7,13H,8-11H2. The topological polar surface area (TPSA) is 72.7 Å². The van der Waals surface area contributed by atoms with Crippen molar-refractivity contribution >= 4 is 17.3 Å². The van der Waals surface area contributed by atoms with Crippen molar-refractivity contribution in [3.05, 3.63) is 63.7 Å². The molecule has 0 saturated carbocycles. The van der Waals surface area contributed by atoms with E-state index < -0.39 is 0 Å². The Balaban J connectivity index is 1.70. The number of anilines is 1. The molecule has 0 spiro atoms. The molecule has 2 aliphatic rings. The van der Waals surface area contributed by atoms with E-state index in [1.807, 2.05) is 24.3 Å². The molecule has 1 amide bonds. The SMILES string of the molecule is O=C(C1CCOc2ccccc21)N1CCc2c1cccc2[N+](=O)[O-]. The second-order valence-corrected chi connectivity index (χ2v) is 6.00. The van der Waals surface area contributed by atoms with Crippen LogP contribution in [0.1, 0.15) is 23.5 Å². The molecule has 2 aromatic carbocycles. The maximum atomic E-state index is 13.1. The third-order valence-corrected chi connectivity index (χ3v) is 4.72. The van der Waals surface area contributed by atoms with Gasteiger partial charge < -0.3 is 9.64 Å². The number of ether oxygens (including phenoxy) is 1. The normalized spacial score (nSPS) is 18.5. The lowest BCUT2D eigenvalue weighted by atomic mass is 9.92. The first-order chi connectivity index (χ1) is 11.7. The van der Waals surface area contributed by atoms with Gasteiger partial charge in [-0.05, 0) is 25.0 Å². The van der Waals surface area contributed by atoms with E-state index in [1.165, 1.54) is 6.07 Å². The van der Waals surface area contributed by atoms with Crippen LogP contribution in [-0.4, -0.2) is 24.0 Å². The maximum Gasteiger partial charge on any atom is 0.274 e. The number of carbonyl (C=O) groups is 1. The minimum absolute atomic E-state index is 0.00926. The van der Waals surface area contributed by atoms with E-state index in [-0.39, 0.29) is 22.4 Å². The summed E-state index contributed by atoms with van der Waals surface area (Å²) in [6.07, 6.45) is 1.14. The smallest absolute Gasteiger partial charge is 0.274 e. The molecule has 0 aromatic heterocycles. The van der Waals surface area contributed by atoms with Crippen LogP contribution in [0.15, 0.2) is 42.5 Å². The molecular weight excluding hydrogens is 308 g/mol. The molecule has 0 aliphatic carbocycles. The quantitative estimate of drug-likeness (QED) is 0.629. The number of rotatable bonds is 2. The van der Waals surface area contributed by atoms with Gasteiger partial charge in [0, 0.05) is 18.2 Å². The van der Waals surface area contributed by atoms with Gasteiger partial charge in [0.25, 0.3) is 5.69 Å². The molecule has 1 unspecified atom stereocenters. The molecule has 6 heteroatoms. The summed E-state index contributed by atoms with van der Waals surface area (Å²) in [6.45, 7) is 0.988. The number of hydrogen-bond acceptors (Lipinski definition) is 4. The van der Waals surface area contributed by atoms with Crippen molar-refractivity contribution in [3.63, 3.8) is 0 Å². The summed E-state index contributed by atoms with van der Waals surface area (Å²) in [4.78, 5) is 25.6. The van der Waals surface area contributed by atoms with E-state index in [0.29, 0.717) is 37.2 Å². The summed E-state index contributed by atoms with van der Waals surface area (Å²) in [7, 11) is 0. The number of nitrogens with zero attached hydrogens (tertiary/aromatic N) is 2. The molecule has 6 nitrogen and oxygen atoms in total. The van der Waals surface area contributed by atoms with Crippen molar-refractivity contribution in [2.24, 2.45) is 0 Å². The summed E-state index contributed by atoms with van der Waals surface area (Å²) in [6, 6.07) is 12.5. The van der Waals surface area contributed by atoms with Crippen molar-refractivity contribution in [1.29, 1.82) is 0 Å². The van der Waals surface area contributed by atoms with Gasteiger partial charge >= 0.3 is 0 Å². The van der Waals surface area contributed by atoms with Crippen LogP contribution in [0, 0.1) is 10.1 Å². The lowest BCUT2D eigenvalue weighted by molar-refractivity contribution is -0.385. The summed E-state index contributed by atoms with van der Waals surface area (Å²) < 4.78 is 5.63. The minimum atomic E-state index is -0.378. The number of fused-ring (bicyclic) bond motifs is 2. The van der Waals surface area contributed by atoms with E-state index in [0.717, 1.165) is 11.3 Å². The zero-order valence-corrected chi connectivity index (χ0v) is 13.0. The van der Waals surface area contributed by atoms with Crippen molar-refractivity contribution in [3.8, 4) is 5.75 Å². The van der Waals surface area contributed by atoms with Crippen LogP contribution in [0.3, 0.4) is 0 Å². The van der Waals surface area contributed by atoms with Gasteiger partial charge in [0.1, 0.15) is 5.75 Å². The summed E-state index contributed by atoms with van der Waals surface area (Å²) in [5.41, 5.74) is 2.30. The average Bonchev–Trinajstić information content (AvgIpc) is 3.04. The fourth-order valence-corrected chi connectivity index (χ4v) is 3.60. The van der Waals surface area contributed by atoms with Gasteiger partial charge in [-0.15, -0.1) is 0 Å². The van der Waals surface area contributed by atoms with Crippen molar-refractivity contribution in [2.45, 2.75) is 18.8 Å². The van der Waals surface area contributed by atoms with Crippen LogP contribution in [0.2, 0.25) is 0 Å². The summed E-state index contributed by atoms with van der Waals surface area (Å²) in [5.74, 6) is 0.478. The lowest BCUT2D eigenvalue weighted by Gasteiger charge is -2.29. The number of para-hydroxylation sites is 1. The van der Waals surface area contributed by atoms with Gasteiger partial charge in [0.2, 0.25) is 5.91 Å². The van der Waals surface area contributed by atoms with Gasteiger partial charge in [0.05, 0.1) is 28.7 Å². The van der Waals surface area contributed by atoms with Gasteiger partial charge in [-0.2, -0.15) is 0 Å². The van der Waals surface area contributed by atoms with E-state index in [1.54, 1.807) is 17.0 Å². The zero-order valence-electron chi connectivity index (χ0n) is 13.0. The van der Waals surface area contributed by atoms with E-state index in [9.17, 15) is 14.9 Å². The van der Waals surface area contributed by atoms with Gasteiger partial charge in [-0.3, -0.25) is 14.9 Å². The lowest BCUT2D eigenvalue weighted by Crippen LogP contribution is -2.35. The Hall–Kier alpha value is -2.89. The second kappa shape index (κ2) is 5.63. The predicted octanol–water partition coefficient (Wildman–Crippen LogP) is 3.05. The third-order valence-electron chi connectivity index (χ3n) is 4.72. The first-order valence-corrected chi connectivity index (χ1v) is 7.96. The fraction of sp³-hybridized carbons (Fsp3) is 0.278. The highest BCUT2D eigenvalue weighted by atomic mass is 16.6. The maximum absolute atomic E-state index is 13.1. The molecule has 0 N–H and O–H groups in total. The van der Waals surface area contributed by atoms with Gasteiger partial charge in [-0.1, -0.05) is 24.3 Å². The molecule has 4 rings (SSSR count). The number of amides is 1. The Kier molecular flexibility index (Phi) is 3.45. The molecule has 2 aliphatic heterocycles. The molecular formula is C18H16N2O4. The Morgan fingerprint density at radius 1 is 1.21 bits per heavy atom. The highest BCUT2D eigenvalue weighted by Gasteiger charge is 2.36. The molecule has 2 aromatic rings. The molecule has 0 fully saturated rings. The molecule has 122 valence electrons. The number of nitro groups is 1. The largest absolute Gasteiger partial charge is 0.493 e. The van der Waals surface area contributed by atoms with Crippen LogP contribution >= 0.6 is 0 Å².